The molecule has 0 saturated carbocycles. The molecule has 0 spiro atoms. The second kappa shape index (κ2) is 9.61. The number of hydrogen-bond acceptors (Lipinski definition) is 7. The third kappa shape index (κ3) is 5.39. The standard InChI is InChI=1S/C19H32N6O2S/c1-13(2)11-25-17(24-7-9-27-10-8-24)22-23-18(25)28-15(5)16(26)21-19(6,12-20)14(3)4/h13-15H,7-11H2,1-6H3,(H,21,26)/t15-,19+/m0/s1. The molecule has 8 nitrogen and oxygen atoms in total. The SMILES string of the molecule is CC(C)Cn1c(S[C@@H](C)C(=O)N[C@](C)(C#N)C(C)C)nnc1N1CCOCC1. The number of nitrogens with zero attached hydrogens (tertiary/aromatic N) is 5. The molecule has 9 heteroatoms. The fourth-order valence-electron chi connectivity index (χ4n) is 2.76. The van der Waals surface area contributed by atoms with E-state index in [9.17, 15) is 10.1 Å². The van der Waals surface area contributed by atoms with Gasteiger partial charge in [0.1, 0.15) is 5.54 Å². The van der Waals surface area contributed by atoms with E-state index in [4.69, 9.17) is 4.74 Å². The zero-order valence-corrected chi connectivity index (χ0v) is 18.5. The topological polar surface area (TPSA) is 96.1 Å². The van der Waals surface area contributed by atoms with Gasteiger partial charge in [-0.2, -0.15) is 5.26 Å². The van der Waals surface area contributed by atoms with Crippen molar-refractivity contribution in [3.05, 3.63) is 0 Å². The van der Waals surface area contributed by atoms with Gasteiger partial charge in [0.25, 0.3) is 0 Å². The number of nitriles is 1. The third-order valence-corrected chi connectivity index (χ3v) is 6.04. The molecule has 1 fully saturated rings. The van der Waals surface area contributed by atoms with E-state index in [1.807, 2.05) is 20.8 Å². The summed E-state index contributed by atoms with van der Waals surface area (Å²) in [5, 5.41) is 21.4. The van der Waals surface area contributed by atoms with Gasteiger partial charge < -0.3 is 15.0 Å². The molecule has 1 amide bonds. The molecule has 0 aliphatic carbocycles. The third-order valence-electron chi connectivity index (χ3n) is 4.96. The Kier molecular flexibility index (Phi) is 7.72. The first kappa shape index (κ1) is 22.5. The number of anilines is 1. The minimum Gasteiger partial charge on any atom is -0.378 e. The smallest absolute Gasteiger partial charge is 0.234 e. The molecule has 1 aliphatic rings. The number of rotatable bonds is 8. The van der Waals surface area contributed by atoms with Crippen LogP contribution >= 0.6 is 11.8 Å². The van der Waals surface area contributed by atoms with Crippen molar-refractivity contribution in [3.63, 3.8) is 0 Å². The molecule has 2 heterocycles. The van der Waals surface area contributed by atoms with Crippen molar-refractivity contribution in [2.45, 2.75) is 64.0 Å². The maximum atomic E-state index is 12.7. The molecule has 0 bridgehead atoms. The van der Waals surface area contributed by atoms with Crippen LogP contribution in [0.5, 0.6) is 0 Å². The van der Waals surface area contributed by atoms with E-state index in [-0.39, 0.29) is 17.1 Å². The quantitative estimate of drug-likeness (QED) is 0.659. The molecule has 28 heavy (non-hydrogen) atoms. The molecule has 1 aromatic rings. The molecule has 156 valence electrons. The van der Waals surface area contributed by atoms with Crippen molar-refractivity contribution < 1.29 is 9.53 Å². The molecule has 1 N–H and O–H groups in total. The van der Waals surface area contributed by atoms with Crippen LogP contribution in [-0.2, 0) is 16.1 Å². The minimum atomic E-state index is -0.892. The summed E-state index contributed by atoms with van der Waals surface area (Å²) in [5.74, 6) is 1.09. The van der Waals surface area contributed by atoms with Gasteiger partial charge in [-0.1, -0.05) is 39.5 Å². The monoisotopic (exact) mass is 408 g/mol. The number of thioether (sulfide) groups is 1. The summed E-state index contributed by atoms with van der Waals surface area (Å²) in [6, 6.07) is 2.22. The normalized spacial score (nSPS) is 18.0. The molecule has 1 aliphatic heterocycles. The highest BCUT2D eigenvalue weighted by Gasteiger charge is 2.32. The predicted molar refractivity (Wildman–Crippen MR) is 110 cm³/mol. The first-order valence-corrected chi connectivity index (χ1v) is 10.7. The summed E-state index contributed by atoms with van der Waals surface area (Å²) in [7, 11) is 0. The lowest BCUT2D eigenvalue weighted by Gasteiger charge is -2.29. The summed E-state index contributed by atoms with van der Waals surface area (Å²) in [5.41, 5.74) is -0.892. The Labute approximate surface area is 172 Å². The molecule has 1 aromatic heterocycles. The summed E-state index contributed by atoms with van der Waals surface area (Å²) in [6.45, 7) is 15.4. The van der Waals surface area contributed by atoms with Crippen LogP contribution in [0, 0.1) is 23.2 Å². The van der Waals surface area contributed by atoms with Crippen molar-refractivity contribution >= 4 is 23.6 Å². The summed E-state index contributed by atoms with van der Waals surface area (Å²) >= 11 is 1.38. The highest BCUT2D eigenvalue weighted by atomic mass is 32.2. The predicted octanol–water partition coefficient (Wildman–Crippen LogP) is 2.31. The van der Waals surface area contributed by atoms with Gasteiger partial charge in [-0.3, -0.25) is 9.36 Å². The number of morpholine rings is 1. The van der Waals surface area contributed by atoms with Crippen LogP contribution in [0.25, 0.3) is 0 Å². The Bertz CT molecular complexity index is 708. The van der Waals surface area contributed by atoms with Crippen molar-refractivity contribution in [3.8, 4) is 6.07 Å². The van der Waals surface area contributed by atoms with E-state index >= 15 is 0 Å². The van der Waals surface area contributed by atoms with Crippen LogP contribution in [-0.4, -0.2) is 57.8 Å². The van der Waals surface area contributed by atoms with Crippen LogP contribution in [0.2, 0.25) is 0 Å². The van der Waals surface area contributed by atoms with Gasteiger partial charge in [-0.05, 0) is 25.7 Å². The molecule has 0 aromatic carbocycles. The van der Waals surface area contributed by atoms with Crippen LogP contribution in [0.15, 0.2) is 5.16 Å². The molecular weight excluding hydrogens is 376 g/mol. The first-order valence-electron chi connectivity index (χ1n) is 9.83. The highest BCUT2D eigenvalue weighted by molar-refractivity contribution is 8.00. The van der Waals surface area contributed by atoms with Gasteiger partial charge in [0.05, 0.1) is 24.5 Å². The molecule has 1 saturated heterocycles. The van der Waals surface area contributed by atoms with E-state index in [1.165, 1.54) is 11.8 Å². The van der Waals surface area contributed by atoms with E-state index in [0.29, 0.717) is 19.1 Å². The van der Waals surface area contributed by atoms with Crippen molar-refractivity contribution in [1.82, 2.24) is 20.1 Å². The van der Waals surface area contributed by atoms with Crippen molar-refractivity contribution in [1.29, 1.82) is 5.26 Å². The Morgan fingerprint density at radius 1 is 1.29 bits per heavy atom. The second-order valence-corrected chi connectivity index (χ2v) is 9.41. The van der Waals surface area contributed by atoms with Gasteiger partial charge in [-0.25, -0.2) is 0 Å². The number of hydrogen-bond donors (Lipinski definition) is 1. The van der Waals surface area contributed by atoms with Gasteiger partial charge in [-0.15, -0.1) is 10.2 Å². The zero-order chi connectivity index (χ0) is 20.9. The Balaban J connectivity index is 2.17. The van der Waals surface area contributed by atoms with Crippen molar-refractivity contribution in [2.75, 3.05) is 31.2 Å². The number of aromatic nitrogens is 3. The Hall–Kier alpha value is -1.79. The molecule has 2 atom stereocenters. The van der Waals surface area contributed by atoms with Crippen LogP contribution in [0.3, 0.4) is 0 Å². The molecule has 0 unspecified atom stereocenters. The Morgan fingerprint density at radius 3 is 2.46 bits per heavy atom. The van der Waals surface area contributed by atoms with Gasteiger partial charge in [0.2, 0.25) is 11.9 Å². The van der Waals surface area contributed by atoms with Crippen LogP contribution in [0.1, 0.15) is 41.5 Å². The Morgan fingerprint density at radius 2 is 1.93 bits per heavy atom. The highest BCUT2D eigenvalue weighted by Crippen LogP contribution is 2.28. The van der Waals surface area contributed by atoms with E-state index < -0.39 is 5.54 Å². The van der Waals surface area contributed by atoms with Crippen LogP contribution in [0.4, 0.5) is 5.95 Å². The average Bonchev–Trinajstić information content (AvgIpc) is 3.03. The zero-order valence-electron chi connectivity index (χ0n) is 17.7. The molecule has 2 rings (SSSR count). The lowest BCUT2D eigenvalue weighted by molar-refractivity contribution is -0.121. The second-order valence-electron chi connectivity index (χ2n) is 8.10. The van der Waals surface area contributed by atoms with Gasteiger partial charge >= 0.3 is 0 Å². The average molecular weight is 409 g/mol. The number of amides is 1. The first-order chi connectivity index (χ1) is 13.2. The van der Waals surface area contributed by atoms with E-state index in [1.54, 1.807) is 6.92 Å². The maximum absolute atomic E-state index is 12.7. The lowest BCUT2D eigenvalue weighted by Crippen LogP contribution is -2.51. The number of carbonyl (C=O) groups excluding carboxylic acids is 1. The van der Waals surface area contributed by atoms with Crippen molar-refractivity contribution in [2.24, 2.45) is 11.8 Å². The number of nitrogens with one attached hydrogen (secondary N) is 1. The largest absolute Gasteiger partial charge is 0.378 e. The van der Waals surface area contributed by atoms with E-state index in [0.717, 1.165) is 30.7 Å². The van der Waals surface area contributed by atoms with E-state index in [2.05, 4.69) is 44.9 Å². The fraction of sp³-hybridized carbons (Fsp3) is 0.789. The lowest BCUT2D eigenvalue weighted by atomic mass is 9.90. The summed E-state index contributed by atoms with van der Waals surface area (Å²) in [6.07, 6.45) is 0. The summed E-state index contributed by atoms with van der Waals surface area (Å²) in [4.78, 5) is 14.9. The number of carbonyl (C=O) groups is 1. The van der Waals surface area contributed by atoms with Crippen LogP contribution < -0.4 is 10.2 Å². The molecular formula is C19H32N6O2S. The minimum absolute atomic E-state index is 0.0103. The molecule has 0 radical (unpaired) electrons. The van der Waals surface area contributed by atoms with Gasteiger partial charge in [0.15, 0.2) is 5.16 Å². The fourth-order valence-corrected chi connectivity index (χ4v) is 3.61. The maximum Gasteiger partial charge on any atom is 0.234 e. The summed E-state index contributed by atoms with van der Waals surface area (Å²) < 4.78 is 7.53. The number of ether oxygens (including phenoxy) is 1. The van der Waals surface area contributed by atoms with Gasteiger partial charge in [0, 0.05) is 19.6 Å².